The van der Waals surface area contributed by atoms with Gasteiger partial charge >= 0.3 is 0 Å². The van der Waals surface area contributed by atoms with Gasteiger partial charge in [0.05, 0.1) is 23.6 Å². The molecule has 1 N–H and O–H groups in total. The molecular formula is C19H19N3O4S2. The number of rotatable bonds is 8. The summed E-state index contributed by atoms with van der Waals surface area (Å²) < 4.78 is 27.7. The number of hydrogen-bond donors (Lipinski definition) is 1. The number of sulfone groups is 1. The van der Waals surface area contributed by atoms with Crippen molar-refractivity contribution in [1.82, 2.24) is 9.97 Å². The maximum Gasteiger partial charge on any atom is 0.230 e. The lowest BCUT2D eigenvalue weighted by Crippen LogP contribution is -2.15. The van der Waals surface area contributed by atoms with Gasteiger partial charge in [-0.3, -0.25) is 9.78 Å². The third-order valence-electron chi connectivity index (χ3n) is 3.62. The summed E-state index contributed by atoms with van der Waals surface area (Å²) in [6.45, 7) is 0.0609. The second-order valence-corrected chi connectivity index (χ2v) is 9.21. The highest BCUT2D eigenvalue weighted by atomic mass is 32.2. The van der Waals surface area contributed by atoms with E-state index in [2.05, 4.69) is 15.3 Å². The number of pyridine rings is 1. The van der Waals surface area contributed by atoms with Crippen molar-refractivity contribution in [3.8, 4) is 16.5 Å². The normalized spacial score (nSPS) is 11.2. The van der Waals surface area contributed by atoms with Gasteiger partial charge in [0, 0.05) is 29.6 Å². The fourth-order valence-corrected chi connectivity index (χ4v) is 3.52. The summed E-state index contributed by atoms with van der Waals surface area (Å²) in [5, 5.41) is 5.41. The largest absolute Gasteiger partial charge is 0.492 e. The molecule has 0 aliphatic heterocycles. The molecule has 0 fully saturated rings. The number of hydrogen-bond acceptors (Lipinski definition) is 7. The van der Waals surface area contributed by atoms with Crippen LogP contribution in [-0.4, -0.2) is 42.9 Å². The van der Waals surface area contributed by atoms with E-state index in [0.29, 0.717) is 17.1 Å². The predicted octanol–water partition coefficient (Wildman–Crippen LogP) is 2.81. The third-order valence-corrected chi connectivity index (χ3v) is 5.44. The average Bonchev–Trinajstić information content (AvgIpc) is 3.10. The number of carbonyl (C=O) groups is 1. The Morgan fingerprint density at radius 3 is 2.82 bits per heavy atom. The SMILES string of the molecule is CS(=O)(=O)CCOc1cccc(NC(=O)Cc2csc(-c3ccccn3)n2)c1. The van der Waals surface area contributed by atoms with Crippen molar-refractivity contribution < 1.29 is 17.9 Å². The minimum absolute atomic E-state index is 0.0609. The molecule has 2 heterocycles. The molecule has 1 amide bonds. The average molecular weight is 418 g/mol. The molecule has 0 aliphatic carbocycles. The van der Waals surface area contributed by atoms with E-state index in [4.69, 9.17) is 4.74 Å². The van der Waals surface area contributed by atoms with Crippen LogP contribution in [0.4, 0.5) is 5.69 Å². The summed E-state index contributed by atoms with van der Waals surface area (Å²) in [6.07, 6.45) is 3.00. The number of anilines is 1. The molecule has 146 valence electrons. The van der Waals surface area contributed by atoms with Crippen molar-refractivity contribution in [3.63, 3.8) is 0 Å². The lowest BCUT2D eigenvalue weighted by molar-refractivity contribution is -0.115. The number of nitrogens with one attached hydrogen (secondary N) is 1. The second kappa shape index (κ2) is 8.94. The monoisotopic (exact) mass is 417 g/mol. The highest BCUT2D eigenvalue weighted by molar-refractivity contribution is 7.90. The molecule has 0 radical (unpaired) electrons. The number of carbonyl (C=O) groups excluding carboxylic acids is 1. The smallest absolute Gasteiger partial charge is 0.230 e. The van der Waals surface area contributed by atoms with Crippen molar-refractivity contribution in [2.75, 3.05) is 23.9 Å². The minimum Gasteiger partial charge on any atom is -0.492 e. The van der Waals surface area contributed by atoms with E-state index < -0.39 is 9.84 Å². The molecule has 0 saturated carbocycles. The van der Waals surface area contributed by atoms with Crippen LogP contribution in [0.1, 0.15) is 5.69 Å². The van der Waals surface area contributed by atoms with Crippen molar-refractivity contribution in [3.05, 3.63) is 59.7 Å². The van der Waals surface area contributed by atoms with Crippen LogP contribution in [-0.2, 0) is 21.1 Å². The van der Waals surface area contributed by atoms with Crippen LogP contribution >= 0.6 is 11.3 Å². The second-order valence-electron chi connectivity index (χ2n) is 6.09. The van der Waals surface area contributed by atoms with E-state index in [-0.39, 0.29) is 24.7 Å². The molecule has 0 unspecified atom stereocenters. The van der Waals surface area contributed by atoms with Gasteiger partial charge in [-0.2, -0.15) is 0 Å². The minimum atomic E-state index is -3.08. The van der Waals surface area contributed by atoms with Gasteiger partial charge in [-0.05, 0) is 24.3 Å². The van der Waals surface area contributed by atoms with Crippen LogP contribution in [0.3, 0.4) is 0 Å². The molecule has 9 heteroatoms. The lowest BCUT2D eigenvalue weighted by atomic mass is 10.2. The van der Waals surface area contributed by atoms with Crippen LogP contribution in [0.15, 0.2) is 54.0 Å². The molecule has 0 aliphatic rings. The topological polar surface area (TPSA) is 98.2 Å². The van der Waals surface area contributed by atoms with Crippen LogP contribution < -0.4 is 10.1 Å². The molecule has 28 heavy (non-hydrogen) atoms. The van der Waals surface area contributed by atoms with Crippen LogP contribution in [0.25, 0.3) is 10.7 Å². The molecule has 0 saturated heterocycles. The summed E-state index contributed by atoms with van der Waals surface area (Å²) >= 11 is 1.44. The third kappa shape index (κ3) is 6.14. The van der Waals surface area contributed by atoms with Crippen molar-refractivity contribution in [2.24, 2.45) is 0 Å². The molecule has 3 rings (SSSR count). The molecule has 0 bridgehead atoms. The van der Waals surface area contributed by atoms with Gasteiger partial charge in [0.15, 0.2) is 9.84 Å². The summed E-state index contributed by atoms with van der Waals surface area (Å²) in [6, 6.07) is 12.4. The molecule has 2 aromatic heterocycles. The van der Waals surface area contributed by atoms with Gasteiger partial charge < -0.3 is 10.1 Å². The highest BCUT2D eigenvalue weighted by Crippen LogP contribution is 2.22. The first kappa shape index (κ1) is 20.0. The Kier molecular flexibility index (Phi) is 6.37. The number of aromatic nitrogens is 2. The molecule has 1 aromatic carbocycles. The lowest BCUT2D eigenvalue weighted by Gasteiger charge is -2.08. The van der Waals surface area contributed by atoms with E-state index in [0.717, 1.165) is 17.0 Å². The van der Waals surface area contributed by atoms with Crippen LogP contribution in [0.2, 0.25) is 0 Å². The van der Waals surface area contributed by atoms with Gasteiger partial charge in [-0.15, -0.1) is 11.3 Å². The number of nitrogens with zero attached hydrogens (tertiary/aromatic N) is 2. The summed E-state index contributed by atoms with van der Waals surface area (Å²) in [5.41, 5.74) is 2.02. The summed E-state index contributed by atoms with van der Waals surface area (Å²) in [4.78, 5) is 21.0. The van der Waals surface area contributed by atoms with Crippen molar-refractivity contribution in [2.45, 2.75) is 6.42 Å². The quantitative estimate of drug-likeness (QED) is 0.605. The van der Waals surface area contributed by atoms with E-state index in [1.54, 1.807) is 30.5 Å². The van der Waals surface area contributed by atoms with Crippen molar-refractivity contribution in [1.29, 1.82) is 0 Å². The zero-order chi connectivity index (χ0) is 20.0. The van der Waals surface area contributed by atoms with Crippen LogP contribution in [0, 0.1) is 0 Å². The standard InChI is InChI=1S/C19H19N3O4S2/c1-28(24,25)10-9-26-16-6-4-5-14(11-16)21-18(23)12-15-13-27-19(22-15)17-7-2-3-8-20-17/h2-8,11,13H,9-10,12H2,1H3,(H,21,23). The van der Waals surface area contributed by atoms with E-state index >= 15 is 0 Å². The number of ether oxygens (including phenoxy) is 1. The maximum atomic E-state index is 12.3. The maximum absolute atomic E-state index is 12.3. The number of thiazole rings is 1. The van der Waals surface area contributed by atoms with Gasteiger partial charge in [-0.1, -0.05) is 12.1 Å². The Hall–Kier alpha value is -2.78. The summed E-state index contributed by atoms with van der Waals surface area (Å²) in [5.74, 6) is 0.227. The zero-order valence-corrected chi connectivity index (χ0v) is 16.8. The predicted molar refractivity (Wildman–Crippen MR) is 109 cm³/mol. The molecule has 0 atom stereocenters. The fraction of sp³-hybridized carbons (Fsp3) is 0.211. The van der Waals surface area contributed by atoms with E-state index in [9.17, 15) is 13.2 Å². The first-order chi connectivity index (χ1) is 13.4. The Labute approximate surface area is 167 Å². The van der Waals surface area contributed by atoms with Gasteiger partial charge in [0.2, 0.25) is 5.91 Å². The van der Waals surface area contributed by atoms with E-state index in [1.807, 2.05) is 23.6 Å². The zero-order valence-electron chi connectivity index (χ0n) is 15.2. The number of benzene rings is 1. The first-order valence-corrected chi connectivity index (χ1v) is 11.4. The molecule has 7 nitrogen and oxygen atoms in total. The molecule has 3 aromatic rings. The summed E-state index contributed by atoms with van der Waals surface area (Å²) in [7, 11) is -3.08. The van der Waals surface area contributed by atoms with Gasteiger partial charge in [-0.25, -0.2) is 13.4 Å². The highest BCUT2D eigenvalue weighted by Gasteiger charge is 2.10. The van der Waals surface area contributed by atoms with Gasteiger partial charge in [0.25, 0.3) is 0 Å². The Balaban J connectivity index is 1.56. The number of amides is 1. The Morgan fingerprint density at radius 1 is 1.21 bits per heavy atom. The molecule has 0 spiro atoms. The Bertz CT molecular complexity index is 1050. The fourth-order valence-electron chi connectivity index (χ4n) is 2.34. The van der Waals surface area contributed by atoms with E-state index in [1.165, 1.54) is 11.3 Å². The first-order valence-electron chi connectivity index (χ1n) is 8.45. The van der Waals surface area contributed by atoms with Crippen molar-refractivity contribution >= 4 is 32.8 Å². The molecular weight excluding hydrogens is 398 g/mol. The van der Waals surface area contributed by atoms with Gasteiger partial charge in [0.1, 0.15) is 17.4 Å². The Morgan fingerprint density at radius 2 is 2.07 bits per heavy atom. The van der Waals surface area contributed by atoms with Crippen LogP contribution in [0.5, 0.6) is 5.75 Å².